The molecule has 0 bridgehead atoms. The fraction of sp³-hybridized carbons (Fsp3) is 1.00. The molecule has 1 aliphatic heterocycles. The quantitative estimate of drug-likeness (QED) is 0.401. The molecule has 0 aromatic heterocycles. The van der Waals surface area contributed by atoms with Crippen molar-refractivity contribution in [1.29, 1.82) is 0 Å². The standard InChI is InChI=1S/C8H19N2/c1-7-5-4-6-8(2)10(7,3)9/h7-8H,4-6,9H2,1-3H3/q+1. The summed E-state index contributed by atoms with van der Waals surface area (Å²) in [6.07, 6.45) is 3.93. The molecule has 0 saturated carbocycles. The summed E-state index contributed by atoms with van der Waals surface area (Å²) in [6, 6.07) is 1.28. The molecule has 1 rings (SSSR count). The third kappa shape index (κ3) is 1.18. The number of piperidine rings is 1. The van der Waals surface area contributed by atoms with Gasteiger partial charge in [0.1, 0.15) is 12.1 Å². The number of nitrogens with zero attached hydrogens (tertiary/aromatic N) is 1. The average molecular weight is 143 g/mol. The largest absolute Gasteiger partial charge is 0.246 e. The lowest BCUT2D eigenvalue weighted by atomic mass is 9.97. The predicted octanol–water partition coefficient (Wildman–Crippen LogP) is 1.27. The van der Waals surface area contributed by atoms with Gasteiger partial charge in [0.2, 0.25) is 0 Å². The fourth-order valence-electron chi connectivity index (χ4n) is 1.70. The van der Waals surface area contributed by atoms with Crippen LogP contribution in [-0.2, 0) is 0 Å². The van der Waals surface area contributed by atoms with Gasteiger partial charge in [-0.1, -0.05) is 0 Å². The van der Waals surface area contributed by atoms with E-state index in [1.54, 1.807) is 0 Å². The molecule has 2 N–H and O–H groups in total. The Balaban J connectivity index is 2.63. The number of likely N-dealkylation sites (tertiary alicyclic amines) is 1. The second kappa shape index (κ2) is 2.51. The molecule has 60 valence electrons. The Bertz CT molecular complexity index is 108. The Hall–Kier alpha value is -0.0800. The van der Waals surface area contributed by atoms with Gasteiger partial charge >= 0.3 is 0 Å². The van der Waals surface area contributed by atoms with Gasteiger partial charge in [-0.05, 0) is 20.3 Å². The van der Waals surface area contributed by atoms with Crippen LogP contribution in [0.5, 0.6) is 0 Å². The zero-order chi connectivity index (χ0) is 7.78. The molecule has 0 aliphatic carbocycles. The van der Waals surface area contributed by atoms with Crippen molar-refractivity contribution < 1.29 is 4.59 Å². The van der Waals surface area contributed by atoms with Crippen molar-refractivity contribution in [2.75, 3.05) is 7.05 Å². The molecular formula is C8H19N2+. The summed E-state index contributed by atoms with van der Waals surface area (Å²) in [4.78, 5) is 0. The van der Waals surface area contributed by atoms with Crippen molar-refractivity contribution in [3.8, 4) is 0 Å². The molecule has 0 spiro atoms. The van der Waals surface area contributed by atoms with Crippen LogP contribution in [0, 0.1) is 0 Å². The predicted molar refractivity (Wildman–Crippen MR) is 43.1 cm³/mol. The molecular weight excluding hydrogens is 124 g/mol. The van der Waals surface area contributed by atoms with E-state index < -0.39 is 0 Å². The van der Waals surface area contributed by atoms with E-state index in [-0.39, 0.29) is 0 Å². The van der Waals surface area contributed by atoms with Crippen molar-refractivity contribution in [2.24, 2.45) is 5.84 Å². The first kappa shape index (κ1) is 8.02. The molecule has 0 radical (unpaired) electrons. The zero-order valence-electron chi connectivity index (χ0n) is 7.30. The lowest BCUT2D eigenvalue weighted by Crippen LogP contribution is -2.63. The molecule has 2 heteroatoms. The maximum atomic E-state index is 6.10. The van der Waals surface area contributed by atoms with E-state index in [2.05, 4.69) is 20.9 Å². The third-order valence-corrected chi connectivity index (χ3v) is 3.14. The zero-order valence-corrected chi connectivity index (χ0v) is 7.30. The Morgan fingerprint density at radius 3 is 1.90 bits per heavy atom. The average Bonchev–Trinajstić information content (AvgIpc) is 1.84. The van der Waals surface area contributed by atoms with Gasteiger partial charge in [0.25, 0.3) is 0 Å². The van der Waals surface area contributed by atoms with Crippen molar-refractivity contribution in [1.82, 2.24) is 0 Å². The maximum absolute atomic E-state index is 6.10. The summed E-state index contributed by atoms with van der Waals surface area (Å²) in [5, 5.41) is 0. The molecule has 0 aromatic carbocycles. The molecule has 1 aliphatic rings. The number of hydrogen-bond donors (Lipinski definition) is 1. The van der Waals surface area contributed by atoms with Gasteiger partial charge < -0.3 is 0 Å². The number of rotatable bonds is 0. The summed E-state index contributed by atoms with van der Waals surface area (Å²) in [7, 11) is 2.13. The van der Waals surface area contributed by atoms with Gasteiger partial charge in [0.15, 0.2) is 0 Å². The molecule has 2 unspecified atom stereocenters. The lowest BCUT2D eigenvalue weighted by molar-refractivity contribution is -0.969. The summed E-state index contributed by atoms with van der Waals surface area (Å²) in [5.74, 6) is 6.10. The van der Waals surface area contributed by atoms with Crippen LogP contribution < -0.4 is 5.84 Å². The van der Waals surface area contributed by atoms with E-state index in [0.717, 1.165) is 4.59 Å². The van der Waals surface area contributed by atoms with Crippen molar-refractivity contribution >= 4 is 0 Å². The van der Waals surface area contributed by atoms with Crippen LogP contribution in [0.2, 0.25) is 0 Å². The minimum Gasteiger partial charge on any atom is -0.246 e. The summed E-state index contributed by atoms with van der Waals surface area (Å²) < 4.78 is 0.722. The second-order valence-corrected chi connectivity index (χ2v) is 3.85. The molecule has 0 aromatic rings. The molecule has 1 fully saturated rings. The Morgan fingerprint density at radius 1 is 1.20 bits per heavy atom. The first-order valence-corrected chi connectivity index (χ1v) is 4.19. The number of quaternary nitrogens is 1. The van der Waals surface area contributed by atoms with Gasteiger partial charge in [0, 0.05) is 12.8 Å². The van der Waals surface area contributed by atoms with E-state index in [4.69, 9.17) is 5.84 Å². The first-order valence-electron chi connectivity index (χ1n) is 4.19. The fourth-order valence-corrected chi connectivity index (χ4v) is 1.70. The van der Waals surface area contributed by atoms with Crippen LogP contribution in [0.25, 0.3) is 0 Å². The highest BCUT2D eigenvalue weighted by Crippen LogP contribution is 2.24. The van der Waals surface area contributed by atoms with Gasteiger partial charge in [-0.2, -0.15) is 5.84 Å². The normalized spacial score (nSPS) is 49.2. The van der Waals surface area contributed by atoms with Gasteiger partial charge in [-0.25, -0.2) is 4.59 Å². The van der Waals surface area contributed by atoms with Gasteiger partial charge in [0.05, 0.1) is 7.05 Å². The first-order chi connectivity index (χ1) is 4.55. The van der Waals surface area contributed by atoms with Crippen LogP contribution in [0.1, 0.15) is 33.1 Å². The lowest BCUT2D eigenvalue weighted by Gasteiger charge is -2.43. The highest BCUT2D eigenvalue weighted by Gasteiger charge is 2.35. The highest BCUT2D eigenvalue weighted by molar-refractivity contribution is 4.64. The van der Waals surface area contributed by atoms with Gasteiger partial charge in [-0.15, -0.1) is 0 Å². The van der Waals surface area contributed by atoms with Crippen molar-refractivity contribution in [2.45, 2.75) is 45.2 Å². The summed E-state index contributed by atoms with van der Waals surface area (Å²) in [5.41, 5.74) is 0. The van der Waals surface area contributed by atoms with E-state index >= 15 is 0 Å². The molecule has 2 nitrogen and oxygen atoms in total. The molecule has 10 heavy (non-hydrogen) atoms. The Morgan fingerprint density at radius 2 is 1.60 bits per heavy atom. The summed E-state index contributed by atoms with van der Waals surface area (Å²) in [6.45, 7) is 4.49. The smallest absolute Gasteiger partial charge is 0.103 e. The van der Waals surface area contributed by atoms with Crippen molar-refractivity contribution in [3.05, 3.63) is 0 Å². The van der Waals surface area contributed by atoms with E-state index in [1.165, 1.54) is 19.3 Å². The minimum absolute atomic E-state index is 0.642. The van der Waals surface area contributed by atoms with Crippen molar-refractivity contribution in [3.63, 3.8) is 0 Å². The maximum Gasteiger partial charge on any atom is 0.103 e. The van der Waals surface area contributed by atoms with E-state index in [0.29, 0.717) is 12.1 Å². The molecule has 1 heterocycles. The van der Waals surface area contributed by atoms with Gasteiger partial charge in [-0.3, -0.25) is 0 Å². The Labute approximate surface area is 63.6 Å². The Kier molecular flexibility index (Phi) is 2.02. The van der Waals surface area contributed by atoms with E-state index in [1.807, 2.05) is 0 Å². The van der Waals surface area contributed by atoms with Crippen LogP contribution in [0.3, 0.4) is 0 Å². The van der Waals surface area contributed by atoms with Crippen LogP contribution in [0.4, 0.5) is 0 Å². The molecule has 2 atom stereocenters. The number of nitrogens with two attached hydrogens (primary N) is 1. The topological polar surface area (TPSA) is 26.0 Å². The van der Waals surface area contributed by atoms with Crippen LogP contribution >= 0.6 is 0 Å². The minimum atomic E-state index is 0.642. The molecule has 1 saturated heterocycles. The monoisotopic (exact) mass is 143 g/mol. The second-order valence-electron chi connectivity index (χ2n) is 3.85. The highest BCUT2D eigenvalue weighted by atomic mass is 15.6. The number of hydrogen-bond acceptors (Lipinski definition) is 1. The van der Waals surface area contributed by atoms with Crippen LogP contribution in [0.15, 0.2) is 0 Å². The van der Waals surface area contributed by atoms with Crippen LogP contribution in [-0.4, -0.2) is 23.7 Å². The third-order valence-electron chi connectivity index (χ3n) is 3.14. The van der Waals surface area contributed by atoms with E-state index in [9.17, 15) is 0 Å². The molecule has 0 amide bonds. The summed E-state index contributed by atoms with van der Waals surface area (Å²) >= 11 is 0. The SMILES string of the molecule is CC1CCCC(C)[N+]1(C)N.